The molecular formula is C21H28N2O5S2. The summed E-state index contributed by atoms with van der Waals surface area (Å²) in [6.45, 7) is 7.65. The van der Waals surface area contributed by atoms with E-state index in [2.05, 4.69) is 18.7 Å². The van der Waals surface area contributed by atoms with Gasteiger partial charge in [-0.15, -0.1) is 11.8 Å². The first-order valence-electron chi connectivity index (χ1n) is 10.4. The van der Waals surface area contributed by atoms with Gasteiger partial charge in [-0.05, 0) is 24.7 Å². The van der Waals surface area contributed by atoms with Crippen LogP contribution in [-0.2, 0) is 14.4 Å². The van der Waals surface area contributed by atoms with Crippen LogP contribution in [0.15, 0.2) is 21.7 Å². The molecule has 0 bridgehead atoms. The molecule has 30 heavy (non-hydrogen) atoms. The van der Waals surface area contributed by atoms with Gasteiger partial charge in [0.05, 0.1) is 16.3 Å². The minimum Gasteiger partial charge on any atom is -0.477 e. The van der Waals surface area contributed by atoms with Gasteiger partial charge in [0.15, 0.2) is 11.5 Å². The molecule has 4 aliphatic rings. The van der Waals surface area contributed by atoms with Gasteiger partial charge in [0, 0.05) is 36.5 Å². The Morgan fingerprint density at radius 1 is 1.37 bits per heavy atom. The molecule has 2 fully saturated rings. The molecule has 1 aliphatic carbocycles. The molecule has 9 heteroatoms. The van der Waals surface area contributed by atoms with Crippen LogP contribution in [0.4, 0.5) is 0 Å². The van der Waals surface area contributed by atoms with Crippen LogP contribution in [0.2, 0.25) is 0 Å². The molecule has 164 valence electrons. The number of carbonyl (C=O) groups excluding carboxylic acids is 2. The zero-order chi connectivity index (χ0) is 21.8. The lowest BCUT2D eigenvalue weighted by Crippen LogP contribution is -2.61. The van der Waals surface area contributed by atoms with E-state index in [0.717, 1.165) is 31.6 Å². The molecule has 0 aromatic carbocycles. The number of rotatable bonds is 6. The van der Waals surface area contributed by atoms with Crippen LogP contribution in [0.5, 0.6) is 0 Å². The van der Waals surface area contributed by atoms with Crippen molar-refractivity contribution in [3.8, 4) is 0 Å². The molecule has 2 saturated heterocycles. The van der Waals surface area contributed by atoms with Crippen LogP contribution in [0.3, 0.4) is 0 Å². The normalized spacial score (nSPS) is 31.6. The first kappa shape index (κ1) is 21.8. The zero-order valence-electron chi connectivity index (χ0n) is 17.5. The summed E-state index contributed by atoms with van der Waals surface area (Å²) in [5.41, 5.74) is 1.11. The van der Waals surface area contributed by atoms with Crippen LogP contribution in [-0.4, -0.2) is 67.5 Å². The second kappa shape index (κ2) is 7.91. The highest BCUT2D eigenvalue weighted by Gasteiger charge is 2.58. The van der Waals surface area contributed by atoms with Crippen molar-refractivity contribution in [1.82, 2.24) is 9.80 Å². The number of ketones is 1. The lowest BCUT2D eigenvalue weighted by Gasteiger charge is -2.44. The van der Waals surface area contributed by atoms with Crippen molar-refractivity contribution in [2.45, 2.75) is 63.2 Å². The Balaban J connectivity index is 1.45. The van der Waals surface area contributed by atoms with Crippen molar-refractivity contribution < 1.29 is 24.6 Å². The van der Waals surface area contributed by atoms with Crippen molar-refractivity contribution in [2.24, 2.45) is 11.3 Å². The van der Waals surface area contributed by atoms with E-state index in [0.29, 0.717) is 17.1 Å². The minimum atomic E-state index is -1.09. The summed E-state index contributed by atoms with van der Waals surface area (Å²) in [6, 6.07) is 0. The van der Waals surface area contributed by atoms with Gasteiger partial charge in [-0.25, -0.2) is 4.79 Å². The van der Waals surface area contributed by atoms with Crippen molar-refractivity contribution in [1.29, 1.82) is 0 Å². The second-order valence-corrected chi connectivity index (χ2v) is 11.9. The van der Waals surface area contributed by atoms with Crippen molar-refractivity contribution in [2.75, 3.05) is 13.1 Å². The first-order chi connectivity index (χ1) is 14.1. The molecule has 2 N–H and O–H groups in total. The van der Waals surface area contributed by atoms with Gasteiger partial charge in [-0.3, -0.25) is 14.5 Å². The fraction of sp³-hybridized carbons (Fsp3) is 0.667. The Morgan fingerprint density at radius 3 is 2.73 bits per heavy atom. The maximum Gasteiger partial charge on any atom is 0.354 e. The number of carbonyl (C=O) groups is 3. The average molecular weight is 453 g/mol. The number of aliphatic carboxylic acids is 1. The van der Waals surface area contributed by atoms with Crippen LogP contribution >= 0.6 is 23.5 Å². The number of carboxylic acids is 1. The molecule has 3 aliphatic heterocycles. The highest BCUT2D eigenvalue weighted by atomic mass is 32.2. The van der Waals surface area contributed by atoms with E-state index >= 15 is 0 Å². The number of β-lactam (4-membered cyclic amide) rings is 1. The summed E-state index contributed by atoms with van der Waals surface area (Å²) in [4.78, 5) is 40.1. The van der Waals surface area contributed by atoms with E-state index in [1.54, 1.807) is 6.08 Å². The van der Waals surface area contributed by atoms with Gasteiger partial charge in [0.2, 0.25) is 5.91 Å². The molecule has 0 aromatic rings. The van der Waals surface area contributed by atoms with Gasteiger partial charge >= 0.3 is 5.97 Å². The van der Waals surface area contributed by atoms with E-state index in [9.17, 15) is 24.6 Å². The maximum absolute atomic E-state index is 12.5. The molecule has 0 aromatic heterocycles. The molecule has 7 nitrogen and oxygen atoms in total. The van der Waals surface area contributed by atoms with E-state index < -0.39 is 18.0 Å². The third-order valence-electron chi connectivity index (χ3n) is 6.25. The van der Waals surface area contributed by atoms with Gasteiger partial charge in [0.25, 0.3) is 0 Å². The molecule has 0 spiro atoms. The summed E-state index contributed by atoms with van der Waals surface area (Å²) in [5.74, 6) is -1.75. The largest absolute Gasteiger partial charge is 0.477 e. The fourth-order valence-corrected chi connectivity index (χ4v) is 8.03. The Kier molecular flexibility index (Phi) is 5.74. The minimum absolute atomic E-state index is 0.0331. The SMILES string of the molecule is CC[C@H](O)[C@@H]1C(=O)N2C(C(=O)O)=C(S[C@H]3CCN(C4=CC(=O)CC(C)(C)C4)C3)S[C@H]12. The van der Waals surface area contributed by atoms with Crippen LogP contribution in [0, 0.1) is 11.3 Å². The van der Waals surface area contributed by atoms with Crippen molar-refractivity contribution in [3.63, 3.8) is 0 Å². The molecule has 4 rings (SSSR count). The zero-order valence-corrected chi connectivity index (χ0v) is 19.1. The number of likely N-dealkylation sites (tertiary alicyclic amines) is 1. The van der Waals surface area contributed by atoms with Gasteiger partial charge in [-0.1, -0.05) is 32.5 Å². The number of thioether (sulfide) groups is 2. The number of nitrogens with zero attached hydrogens (tertiary/aromatic N) is 2. The fourth-order valence-electron chi connectivity index (χ4n) is 4.75. The molecule has 0 unspecified atom stereocenters. The Bertz CT molecular complexity index is 852. The third kappa shape index (κ3) is 3.80. The molecule has 1 amide bonds. The summed E-state index contributed by atoms with van der Waals surface area (Å²) < 4.78 is 0.660. The number of fused-ring (bicyclic) bond motifs is 1. The number of amides is 1. The number of hydrogen-bond acceptors (Lipinski definition) is 7. The molecule has 4 atom stereocenters. The number of allylic oxidation sites excluding steroid dienone is 2. The third-order valence-corrected chi connectivity index (χ3v) is 9.10. The van der Waals surface area contributed by atoms with E-state index in [1.165, 1.54) is 28.4 Å². The Hall–Kier alpha value is -1.45. The molecule has 0 saturated carbocycles. The van der Waals surface area contributed by atoms with E-state index in [1.807, 2.05) is 6.92 Å². The van der Waals surface area contributed by atoms with E-state index in [-0.39, 0.29) is 33.4 Å². The highest BCUT2D eigenvalue weighted by Crippen LogP contribution is 2.55. The molecule has 0 radical (unpaired) electrons. The van der Waals surface area contributed by atoms with Gasteiger partial charge < -0.3 is 15.1 Å². The van der Waals surface area contributed by atoms with Crippen LogP contribution in [0.1, 0.15) is 46.5 Å². The van der Waals surface area contributed by atoms with Crippen molar-refractivity contribution in [3.05, 3.63) is 21.7 Å². The highest BCUT2D eigenvalue weighted by molar-refractivity contribution is 8.23. The molecule has 3 heterocycles. The number of aliphatic hydroxyl groups excluding tert-OH is 1. The summed E-state index contributed by atoms with van der Waals surface area (Å²) in [7, 11) is 0. The lowest BCUT2D eigenvalue weighted by molar-refractivity contribution is -0.157. The predicted molar refractivity (Wildman–Crippen MR) is 116 cm³/mol. The Labute approximate surface area is 184 Å². The topological polar surface area (TPSA) is 98.2 Å². The quantitative estimate of drug-likeness (QED) is 0.594. The number of aliphatic hydroxyl groups is 1. The smallest absolute Gasteiger partial charge is 0.354 e. The second-order valence-electron chi connectivity index (χ2n) is 9.25. The summed E-state index contributed by atoms with van der Waals surface area (Å²) in [5, 5.41) is 19.8. The van der Waals surface area contributed by atoms with Crippen LogP contribution < -0.4 is 0 Å². The van der Waals surface area contributed by atoms with Gasteiger partial charge in [0.1, 0.15) is 5.37 Å². The monoisotopic (exact) mass is 452 g/mol. The maximum atomic E-state index is 12.5. The predicted octanol–water partition coefficient (Wildman–Crippen LogP) is 2.62. The Morgan fingerprint density at radius 2 is 2.10 bits per heavy atom. The lowest BCUT2D eigenvalue weighted by atomic mass is 9.78. The molecular weight excluding hydrogens is 424 g/mol. The van der Waals surface area contributed by atoms with Gasteiger partial charge in [-0.2, -0.15) is 0 Å². The van der Waals surface area contributed by atoms with E-state index in [4.69, 9.17) is 0 Å². The standard InChI is InChI=1S/C21H28N2O5S2/c1-4-14(25)15-17(26)23-16(19(27)28)20(30-18(15)23)29-13-5-6-22(10-13)11-7-12(24)9-21(2,3)8-11/h7,13-15,18,25H,4-6,8-10H2,1-3H3,(H,27,28)/t13-,14-,15+,18+/m0/s1. The van der Waals surface area contributed by atoms with Crippen LogP contribution in [0.25, 0.3) is 0 Å². The number of hydrogen-bond donors (Lipinski definition) is 2. The summed E-state index contributed by atoms with van der Waals surface area (Å²) >= 11 is 2.92. The number of carboxylic acid groups (broad SMARTS) is 1. The summed E-state index contributed by atoms with van der Waals surface area (Å²) in [6.07, 6.45) is 3.83. The average Bonchev–Trinajstić information content (AvgIpc) is 3.23. The van der Waals surface area contributed by atoms with Crippen molar-refractivity contribution >= 4 is 41.2 Å². The first-order valence-corrected chi connectivity index (χ1v) is 12.2.